The van der Waals surface area contributed by atoms with Gasteiger partial charge in [-0.15, -0.1) is 0 Å². The third-order valence-corrected chi connectivity index (χ3v) is 3.07. The first-order chi connectivity index (χ1) is 8.58. The van der Waals surface area contributed by atoms with Gasteiger partial charge in [-0.1, -0.05) is 0 Å². The lowest BCUT2D eigenvalue weighted by atomic mass is 10.2. The topological polar surface area (TPSA) is 98.2 Å². The van der Waals surface area contributed by atoms with Crippen LogP contribution in [0.15, 0.2) is 23.1 Å². The molecule has 6 nitrogen and oxygen atoms in total. The maximum atomic E-state index is 12.0. The van der Waals surface area contributed by atoms with E-state index in [1.54, 1.807) is 4.57 Å². The number of nitrogens with zero attached hydrogens (tertiary/aromatic N) is 2. The number of nitrogens with two attached hydrogens (primary N) is 1. The molecule has 2 heterocycles. The van der Waals surface area contributed by atoms with Crippen LogP contribution in [0.5, 0.6) is 0 Å². The molecule has 0 amide bonds. The van der Waals surface area contributed by atoms with E-state index in [2.05, 4.69) is 4.98 Å². The summed E-state index contributed by atoms with van der Waals surface area (Å²) in [5, 5.41) is 9.35. The molecule has 2 aromatic heterocycles. The fourth-order valence-electron chi connectivity index (χ4n) is 2.02. The van der Waals surface area contributed by atoms with Crippen molar-refractivity contribution in [3.8, 4) is 0 Å². The maximum absolute atomic E-state index is 12.0. The molecule has 0 unspecified atom stereocenters. The number of fused-ring (bicyclic) bond motifs is 1. The van der Waals surface area contributed by atoms with Gasteiger partial charge in [0.25, 0.3) is 0 Å². The van der Waals surface area contributed by atoms with Gasteiger partial charge in [0.15, 0.2) is 0 Å². The van der Waals surface area contributed by atoms with Crippen molar-refractivity contribution < 1.29 is 9.90 Å². The number of rotatable bonds is 2. The number of hydrogen-bond acceptors (Lipinski definition) is 4. The number of carbonyl (C=O) groups is 1. The Bertz CT molecular complexity index is 716. The number of carboxylic acids is 1. The number of aromatic nitrogens is 2. The van der Waals surface area contributed by atoms with Crippen LogP contribution in [0.1, 0.15) is 29.2 Å². The van der Waals surface area contributed by atoms with E-state index >= 15 is 0 Å². The lowest BCUT2D eigenvalue weighted by Crippen LogP contribution is -2.19. The quantitative estimate of drug-likeness (QED) is 0.822. The van der Waals surface area contributed by atoms with Crippen molar-refractivity contribution in [3.63, 3.8) is 0 Å². The van der Waals surface area contributed by atoms with Gasteiger partial charge in [0, 0.05) is 12.2 Å². The van der Waals surface area contributed by atoms with Crippen LogP contribution < -0.4 is 11.2 Å². The highest BCUT2D eigenvalue weighted by Gasteiger charge is 2.27. The number of nitrogen functional groups attached to an aromatic ring is 1. The summed E-state index contributed by atoms with van der Waals surface area (Å²) in [7, 11) is 0. The SMILES string of the molecule is Nc1ccc2c(=O)c(C(=O)O)cn(C3CC3)c2n1. The van der Waals surface area contributed by atoms with Gasteiger partial charge >= 0.3 is 5.97 Å². The van der Waals surface area contributed by atoms with Gasteiger partial charge in [0.05, 0.1) is 5.39 Å². The van der Waals surface area contributed by atoms with Crippen LogP contribution in [-0.4, -0.2) is 20.6 Å². The standard InChI is InChI=1S/C12H11N3O3/c13-9-4-3-7-10(16)8(12(17)18)5-15(6-1-2-6)11(7)14-9/h3-6H,1-2H2,(H2,13,14)(H,17,18). The Hall–Kier alpha value is -2.37. The Morgan fingerprint density at radius 1 is 1.44 bits per heavy atom. The second-order valence-corrected chi connectivity index (χ2v) is 4.42. The zero-order chi connectivity index (χ0) is 12.9. The third kappa shape index (κ3) is 1.54. The summed E-state index contributed by atoms with van der Waals surface area (Å²) in [6.45, 7) is 0. The summed E-state index contributed by atoms with van der Waals surface area (Å²) >= 11 is 0. The minimum Gasteiger partial charge on any atom is -0.477 e. The molecule has 1 saturated carbocycles. The van der Waals surface area contributed by atoms with Crippen LogP contribution in [0, 0.1) is 0 Å². The molecule has 18 heavy (non-hydrogen) atoms. The zero-order valence-corrected chi connectivity index (χ0v) is 9.46. The van der Waals surface area contributed by atoms with Crippen molar-refractivity contribution in [1.29, 1.82) is 0 Å². The smallest absolute Gasteiger partial charge is 0.341 e. The average Bonchev–Trinajstić information content (AvgIpc) is 3.13. The average molecular weight is 245 g/mol. The van der Waals surface area contributed by atoms with E-state index in [1.807, 2.05) is 0 Å². The molecule has 0 bridgehead atoms. The number of pyridine rings is 2. The van der Waals surface area contributed by atoms with Crippen LogP contribution in [0.3, 0.4) is 0 Å². The first-order valence-electron chi connectivity index (χ1n) is 5.62. The highest BCUT2D eigenvalue weighted by atomic mass is 16.4. The van der Waals surface area contributed by atoms with E-state index in [0.29, 0.717) is 16.9 Å². The molecule has 0 aromatic carbocycles. The summed E-state index contributed by atoms with van der Waals surface area (Å²) in [5.41, 5.74) is 5.35. The van der Waals surface area contributed by atoms with Crippen molar-refractivity contribution in [2.45, 2.75) is 18.9 Å². The molecule has 0 aliphatic heterocycles. The fourth-order valence-corrected chi connectivity index (χ4v) is 2.02. The molecular weight excluding hydrogens is 234 g/mol. The van der Waals surface area contributed by atoms with Crippen molar-refractivity contribution in [3.05, 3.63) is 34.1 Å². The molecule has 0 radical (unpaired) electrons. The molecule has 0 atom stereocenters. The molecule has 1 aliphatic rings. The van der Waals surface area contributed by atoms with E-state index in [0.717, 1.165) is 12.8 Å². The maximum Gasteiger partial charge on any atom is 0.341 e. The van der Waals surface area contributed by atoms with Gasteiger partial charge in [-0.05, 0) is 25.0 Å². The summed E-state index contributed by atoms with van der Waals surface area (Å²) in [4.78, 5) is 27.2. The Morgan fingerprint density at radius 3 is 2.78 bits per heavy atom. The van der Waals surface area contributed by atoms with Crippen LogP contribution >= 0.6 is 0 Å². The van der Waals surface area contributed by atoms with E-state index < -0.39 is 11.4 Å². The lowest BCUT2D eigenvalue weighted by Gasteiger charge is -2.10. The van der Waals surface area contributed by atoms with Gasteiger partial charge < -0.3 is 15.4 Å². The van der Waals surface area contributed by atoms with E-state index in [1.165, 1.54) is 18.3 Å². The van der Waals surface area contributed by atoms with Crippen molar-refractivity contribution in [2.24, 2.45) is 0 Å². The Morgan fingerprint density at radius 2 is 2.17 bits per heavy atom. The minimum absolute atomic E-state index is 0.221. The molecule has 2 aromatic rings. The van der Waals surface area contributed by atoms with E-state index in [9.17, 15) is 9.59 Å². The monoisotopic (exact) mass is 245 g/mol. The van der Waals surface area contributed by atoms with Gasteiger partial charge in [-0.2, -0.15) is 0 Å². The molecule has 1 fully saturated rings. The Labute approximate surface area is 102 Å². The number of hydrogen-bond donors (Lipinski definition) is 2. The van der Waals surface area contributed by atoms with Gasteiger partial charge in [0.1, 0.15) is 17.0 Å². The molecule has 0 saturated heterocycles. The third-order valence-electron chi connectivity index (χ3n) is 3.07. The van der Waals surface area contributed by atoms with E-state index in [4.69, 9.17) is 10.8 Å². The van der Waals surface area contributed by atoms with Crippen molar-refractivity contribution >= 4 is 22.8 Å². The van der Waals surface area contributed by atoms with Gasteiger partial charge in [-0.25, -0.2) is 9.78 Å². The fraction of sp³-hybridized carbons (Fsp3) is 0.250. The van der Waals surface area contributed by atoms with Crippen LogP contribution in [0.25, 0.3) is 11.0 Å². The summed E-state index contributed by atoms with van der Waals surface area (Å²) in [6, 6.07) is 3.26. The number of carboxylic acid groups (broad SMARTS) is 1. The molecular formula is C12H11N3O3. The molecule has 92 valence electrons. The number of aromatic carboxylic acids is 1. The normalized spacial score (nSPS) is 14.9. The molecule has 0 spiro atoms. The highest BCUT2D eigenvalue weighted by Crippen LogP contribution is 2.36. The van der Waals surface area contributed by atoms with Crippen molar-refractivity contribution in [1.82, 2.24) is 9.55 Å². The molecule has 3 rings (SSSR count). The van der Waals surface area contributed by atoms with E-state index in [-0.39, 0.29) is 11.6 Å². The lowest BCUT2D eigenvalue weighted by molar-refractivity contribution is 0.0695. The predicted octanol–water partition coefficient (Wildman–Crippen LogP) is 1.01. The summed E-state index contributed by atoms with van der Waals surface area (Å²) in [5.74, 6) is -0.896. The van der Waals surface area contributed by atoms with Crippen LogP contribution in [0.2, 0.25) is 0 Å². The second-order valence-electron chi connectivity index (χ2n) is 4.42. The first kappa shape index (κ1) is 10.8. The molecule has 3 N–H and O–H groups in total. The first-order valence-corrected chi connectivity index (χ1v) is 5.62. The van der Waals surface area contributed by atoms with Crippen molar-refractivity contribution in [2.75, 3.05) is 5.73 Å². The highest BCUT2D eigenvalue weighted by molar-refractivity contribution is 5.92. The Balaban J connectivity index is 2.43. The Kier molecular flexibility index (Phi) is 2.13. The molecule has 1 aliphatic carbocycles. The zero-order valence-electron chi connectivity index (χ0n) is 9.46. The van der Waals surface area contributed by atoms with Crippen LogP contribution in [0.4, 0.5) is 5.82 Å². The summed E-state index contributed by atoms with van der Waals surface area (Å²) < 4.78 is 1.75. The minimum atomic E-state index is -1.21. The molecule has 6 heteroatoms. The van der Waals surface area contributed by atoms with Crippen LogP contribution in [-0.2, 0) is 0 Å². The van der Waals surface area contributed by atoms with Gasteiger partial charge in [0.2, 0.25) is 5.43 Å². The largest absolute Gasteiger partial charge is 0.477 e. The summed E-state index contributed by atoms with van der Waals surface area (Å²) in [6.07, 6.45) is 3.30. The number of anilines is 1. The van der Waals surface area contributed by atoms with Gasteiger partial charge in [-0.3, -0.25) is 4.79 Å². The second kappa shape index (κ2) is 3.56. The predicted molar refractivity (Wildman–Crippen MR) is 65.6 cm³/mol.